The molecule has 4 nitrogen and oxygen atoms in total. The number of carbonyl (C=O) groups excluding carboxylic acids is 1. The van der Waals surface area contributed by atoms with E-state index in [1.807, 2.05) is 12.1 Å². The SMILES string of the molecule is O=C(O)Cc1ccc(NC(=O)c2cc(I)ccc2Br)cc1. The normalized spacial score (nSPS) is 10.2. The molecule has 0 heterocycles. The van der Waals surface area contributed by atoms with Crippen LogP contribution in [0.25, 0.3) is 0 Å². The second-order valence-corrected chi connectivity index (χ2v) is 6.45. The number of benzene rings is 2. The maximum atomic E-state index is 12.2. The van der Waals surface area contributed by atoms with E-state index in [1.165, 1.54) is 0 Å². The number of nitrogens with one attached hydrogen (secondary N) is 1. The first kappa shape index (κ1) is 16.0. The molecule has 0 saturated heterocycles. The Morgan fingerprint density at radius 2 is 1.81 bits per heavy atom. The fourth-order valence-corrected chi connectivity index (χ4v) is 2.67. The second kappa shape index (κ2) is 7.04. The van der Waals surface area contributed by atoms with E-state index in [0.29, 0.717) is 16.8 Å². The molecule has 108 valence electrons. The molecular weight excluding hydrogens is 449 g/mol. The van der Waals surface area contributed by atoms with Crippen molar-refractivity contribution in [2.45, 2.75) is 6.42 Å². The highest BCUT2D eigenvalue weighted by Gasteiger charge is 2.11. The molecule has 0 aliphatic carbocycles. The Labute approximate surface area is 143 Å². The molecule has 0 radical (unpaired) electrons. The Hall–Kier alpha value is -1.41. The molecule has 6 heteroatoms. The van der Waals surface area contributed by atoms with Crippen molar-refractivity contribution in [3.8, 4) is 0 Å². The fraction of sp³-hybridized carbons (Fsp3) is 0.0667. The van der Waals surface area contributed by atoms with E-state index in [1.54, 1.807) is 30.3 Å². The van der Waals surface area contributed by atoms with Gasteiger partial charge >= 0.3 is 5.97 Å². The van der Waals surface area contributed by atoms with Gasteiger partial charge in [-0.15, -0.1) is 0 Å². The number of carboxylic acids is 1. The zero-order chi connectivity index (χ0) is 15.4. The number of carboxylic acid groups (broad SMARTS) is 1. The van der Waals surface area contributed by atoms with Crippen LogP contribution in [0, 0.1) is 3.57 Å². The largest absolute Gasteiger partial charge is 0.481 e. The smallest absolute Gasteiger partial charge is 0.307 e. The first-order valence-electron chi connectivity index (χ1n) is 6.03. The van der Waals surface area contributed by atoms with Crippen LogP contribution in [0.4, 0.5) is 5.69 Å². The summed E-state index contributed by atoms with van der Waals surface area (Å²) in [6.45, 7) is 0. The second-order valence-electron chi connectivity index (χ2n) is 4.35. The van der Waals surface area contributed by atoms with E-state index in [0.717, 1.165) is 8.04 Å². The van der Waals surface area contributed by atoms with E-state index in [2.05, 4.69) is 43.8 Å². The Bertz CT molecular complexity index is 686. The molecule has 0 fully saturated rings. The van der Waals surface area contributed by atoms with Gasteiger partial charge in [0.25, 0.3) is 5.91 Å². The first-order valence-corrected chi connectivity index (χ1v) is 7.90. The molecular formula is C15H11BrINO3. The minimum Gasteiger partial charge on any atom is -0.481 e. The number of carbonyl (C=O) groups is 2. The Morgan fingerprint density at radius 1 is 1.14 bits per heavy atom. The fourth-order valence-electron chi connectivity index (χ4n) is 1.75. The van der Waals surface area contributed by atoms with Crippen LogP contribution in [0.15, 0.2) is 46.9 Å². The van der Waals surface area contributed by atoms with Gasteiger partial charge in [0.1, 0.15) is 0 Å². The average molecular weight is 460 g/mol. The molecule has 21 heavy (non-hydrogen) atoms. The predicted octanol–water partition coefficient (Wildman–Crippen LogP) is 3.93. The van der Waals surface area contributed by atoms with Crippen molar-refractivity contribution >= 4 is 56.1 Å². The number of anilines is 1. The van der Waals surface area contributed by atoms with E-state index < -0.39 is 5.97 Å². The van der Waals surface area contributed by atoms with Gasteiger partial charge in [0.15, 0.2) is 0 Å². The van der Waals surface area contributed by atoms with Crippen molar-refractivity contribution in [3.63, 3.8) is 0 Å². The van der Waals surface area contributed by atoms with Gasteiger partial charge in [-0.3, -0.25) is 9.59 Å². The Kier molecular flexibility index (Phi) is 5.35. The van der Waals surface area contributed by atoms with Crippen LogP contribution in [0.5, 0.6) is 0 Å². The number of rotatable bonds is 4. The summed E-state index contributed by atoms with van der Waals surface area (Å²) in [7, 11) is 0. The summed E-state index contributed by atoms with van der Waals surface area (Å²) >= 11 is 5.50. The number of hydrogen-bond acceptors (Lipinski definition) is 2. The summed E-state index contributed by atoms with van der Waals surface area (Å²) in [5.74, 6) is -1.10. The highest BCUT2D eigenvalue weighted by atomic mass is 127. The molecule has 0 saturated carbocycles. The lowest BCUT2D eigenvalue weighted by atomic mass is 10.1. The quantitative estimate of drug-likeness (QED) is 0.680. The molecule has 2 aromatic rings. The van der Waals surface area contributed by atoms with Crippen molar-refractivity contribution in [3.05, 3.63) is 61.6 Å². The lowest BCUT2D eigenvalue weighted by Gasteiger charge is -2.08. The summed E-state index contributed by atoms with van der Waals surface area (Å²) in [4.78, 5) is 22.8. The first-order chi connectivity index (χ1) is 9.95. The van der Waals surface area contributed by atoms with E-state index in [9.17, 15) is 9.59 Å². The van der Waals surface area contributed by atoms with Gasteiger partial charge in [0.2, 0.25) is 0 Å². The van der Waals surface area contributed by atoms with Crippen LogP contribution in [0.1, 0.15) is 15.9 Å². The predicted molar refractivity (Wildman–Crippen MR) is 92.6 cm³/mol. The highest BCUT2D eigenvalue weighted by Crippen LogP contribution is 2.21. The number of aliphatic carboxylic acids is 1. The van der Waals surface area contributed by atoms with Crippen molar-refractivity contribution < 1.29 is 14.7 Å². The van der Waals surface area contributed by atoms with Crippen molar-refractivity contribution in [1.82, 2.24) is 0 Å². The topological polar surface area (TPSA) is 66.4 Å². The third-order valence-corrected chi connectivity index (χ3v) is 4.10. The molecule has 0 atom stereocenters. The van der Waals surface area contributed by atoms with Crippen LogP contribution in [-0.4, -0.2) is 17.0 Å². The molecule has 0 aromatic heterocycles. The number of amides is 1. The van der Waals surface area contributed by atoms with Crippen LogP contribution in [0.2, 0.25) is 0 Å². The van der Waals surface area contributed by atoms with Gasteiger partial charge in [-0.05, 0) is 74.4 Å². The van der Waals surface area contributed by atoms with Crippen LogP contribution in [0.3, 0.4) is 0 Å². The van der Waals surface area contributed by atoms with Gasteiger partial charge in [-0.2, -0.15) is 0 Å². The molecule has 2 rings (SSSR count). The minimum atomic E-state index is -0.880. The minimum absolute atomic E-state index is 0.0311. The highest BCUT2D eigenvalue weighted by molar-refractivity contribution is 14.1. The summed E-state index contributed by atoms with van der Waals surface area (Å²) < 4.78 is 1.70. The van der Waals surface area contributed by atoms with Gasteiger partial charge in [0, 0.05) is 13.7 Å². The van der Waals surface area contributed by atoms with Crippen molar-refractivity contribution in [1.29, 1.82) is 0 Å². The van der Waals surface area contributed by atoms with E-state index in [4.69, 9.17) is 5.11 Å². The lowest BCUT2D eigenvalue weighted by molar-refractivity contribution is -0.136. The van der Waals surface area contributed by atoms with Crippen LogP contribution in [-0.2, 0) is 11.2 Å². The van der Waals surface area contributed by atoms with Gasteiger partial charge in [-0.25, -0.2) is 0 Å². The number of hydrogen-bond donors (Lipinski definition) is 2. The maximum Gasteiger partial charge on any atom is 0.307 e. The third-order valence-electron chi connectivity index (χ3n) is 2.74. The molecule has 0 aliphatic rings. The summed E-state index contributed by atoms with van der Waals surface area (Å²) in [5.41, 5.74) is 1.87. The standard InChI is InChI=1S/C15H11BrINO3/c16-13-6-3-10(17)8-12(13)15(21)18-11-4-1-9(2-5-11)7-14(19)20/h1-6,8H,7H2,(H,18,21)(H,19,20). The van der Waals surface area contributed by atoms with E-state index >= 15 is 0 Å². The third kappa shape index (κ3) is 4.53. The van der Waals surface area contributed by atoms with Crippen molar-refractivity contribution in [2.75, 3.05) is 5.32 Å². The summed E-state index contributed by atoms with van der Waals surface area (Å²) in [5, 5.41) is 11.5. The maximum absolute atomic E-state index is 12.2. The summed E-state index contributed by atoms with van der Waals surface area (Å²) in [6, 6.07) is 12.3. The molecule has 2 N–H and O–H groups in total. The molecule has 0 spiro atoms. The number of halogens is 2. The van der Waals surface area contributed by atoms with Gasteiger partial charge < -0.3 is 10.4 Å². The summed E-state index contributed by atoms with van der Waals surface area (Å²) in [6.07, 6.45) is -0.0311. The molecule has 0 unspecified atom stereocenters. The molecule has 1 amide bonds. The van der Waals surface area contributed by atoms with Gasteiger partial charge in [0.05, 0.1) is 12.0 Å². The molecule has 0 aliphatic heterocycles. The van der Waals surface area contributed by atoms with Gasteiger partial charge in [-0.1, -0.05) is 12.1 Å². The Balaban J connectivity index is 2.12. The average Bonchev–Trinajstić information content (AvgIpc) is 2.43. The monoisotopic (exact) mass is 459 g/mol. The molecule has 0 bridgehead atoms. The lowest BCUT2D eigenvalue weighted by Crippen LogP contribution is -2.13. The Morgan fingerprint density at radius 3 is 2.43 bits per heavy atom. The zero-order valence-electron chi connectivity index (χ0n) is 10.8. The molecule has 2 aromatic carbocycles. The van der Waals surface area contributed by atoms with E-state index in [-0.39, 0.29) is 12.3 Å². The zero-order valence-corrected chi connectivity index (χ0v) is 14.5. The van der Waals surface area contributed by atoms with Crippen LogP contribution < -0.4 is 5.32 Å². The van der Waals surface area contributed by atoms with Crippen LogP contribution >= 0.6 is 38.5 Å². The van der Waals surface area contributed by atoms with Crippen molar-refractivity contribution in [2.24, 2.45) is 0 Å².